The summed E-state index contributed by atoms with van der Waals surface area (Å²) < 4.78 is 13.8. The molecule has 0 saturated carbocycles. The second-order valence-corrected chi connectivity index (χ2v) is 4.98. The maximum atomic E-state index is 13.8. The molecule has 104 valence electrons. The number of hydrogen-bond acceptors (Lipinski definition) is 4. The number of amidine groups is 1. The van der Waals surface area contributed by atoms with Crippen LogP contribution in [0.25, 0.3) is 0 Å². The van der Waals surface area contributed by atoms with Crippen molar-refractivity contribution in [1.82, 2.24) is 0 Å². The van der Waals surface area contributed by atoms with Gasteiger partial charge in [-0.25, -0.2) is 4.39 Å². The van der Waals surface area contributed by atoms with Gasteiger partial charge in [0.25, 0.3) is 5.91 Å². The fraction of sp³-hybridized carbons (Fsp3) is 0.0769. The quantitative estimate of drug-likeness (QED) is 0.352. The van der Waals surface area contributed by atoms with Crippen molar-refractivity contribution in [1.29, 1.82) is 0 Å². The fourth-order valence-electron chi connectivity index (χ4n) is 1.62. The molecule has 1 aromatic carbocycles. The Hall–Kier alpha value is -2.41. The summed E-state index contributed by atoms with van der Waals surface area (Å²) in [5, 5.41) is 15.6. The highest BCUT2D eigenvalue weighted by atomic mass is 32.1. The van der Waals surface area contributed by atoms with Gasteiger partial charge in [-0.1, -0.05) is 5.16 Å². The molecule has 2 rings (SSSR count). The Morgan fingerprint density at radius 1 is 1.45 bits per heavy atom. The number of oxime groups is 1. The Balaban J connectivity index is 2.23. The number of carbonyl (C=O) groups is 1. The van der Waals surface area contributed by atoms with Gasteiger partial charge in [0.15, 0.2) is 5.84 Å². The smallest absolute Gasteiger partial charge is 0.266 e. The maximum absolute atomic E-state index is 13.8. The van der Waals surface area contributed by atoms with Crippen LogP contribution in [0.5, 0.6) is 0 Å². The summed E-state index contributed by atoms with van der Waals surface area (Å²) in [4.78, 5) is 12.5. The number of rotatable bonds is 3. The highest BCUT2D eigenvalue weighted by molar-refractivity contribution is 7.12. The predicted molar refractivity (Wildman–Crippen MR) is 75.9 cm³/mol. The van der Waals surface area contributed by atoms with Gasteiger partial charge in [-0.3, -0.25) is 4.79 Å². The average Bonchev–Trinajstić information content (AvgIpc) is 2.86. The van der Waals surface area contributed by atoms with Gasteiger partial charge in [0.1, 0.15) is 5.82 Å². The largest absolute Gasteiger partial charge is 0.409 e. The molecule has 0 aliphatic rings. The minimum Gasteiger partial charge on any atom is -0.409 e. The molecule has 0 radical (unpaired) electrons. The van der Waals surface area contributed by atoms with Gasteiger partial charge in [0.05, 0.1) is 10.6 Å². The molecule has 20 heavy (non-hydrogen) atoms. The number of anilines is 1. The number of nitrogens with one attached hydrogen (secondary N) is 1. The Kier molecular flexibility index (Phi) is 3.99. The molecule has 7 heteroatoms. The molecule has 0 aliphatic carbocycles. The third kappa shape index (κ3) is 2.77. The summed E-state index contributed by atoms with van der Waals surface area (Å²) in [5.74, 6) is -1.22. The normalized spacial score (nSPS) is 11.4. The molecule has 0 saturated heterocycles. The number of carbonyl (C=O) groups excluding carboxylic acids is 1. The van der Waals surface area contributed by atoms with Gasteiger partial charge in [0, 0.05) is 5.56 Å². The molecular weight excluding hydrogens is 281 g/mol. The van der Waals surface area contributed by atoms with Crippen LogP contribution in [0.15, 0.2) is 34.8 Å². The predicted octanol–water partition coefficient (Wildman–Crippen LogP) is 2.54. The first-order chi connectivity index (χ1) is 9.52. The number of nitrogens with two attached hydrogens (primary N) is 1. The van der Waals surface area contributed by atoms with Gasteiger partial charge in [-0.05, 0) is 42.1 Å². The summed E-state index contributed by atoms with van der Waals surface area (Å²) in [6, 6.07) is 5.72. The van der Waals surface area contributed by atoms with E-state index in [-0.39, 0.29) is 23.0 Å². The second kappa shape index (κ2) is 5.70. The summed E-state index contributed by atoms with van der Waals surface area (Å²) in [5.41, 5.74) is 6.46. The molecule has 0 bridgehead atoms. The van der Waals surface area contributed by atoms with E-state index in [1.165, 1.54) is 23.5 Å². The zero-order chi connectivity index (χ0) is 14.7. The van der Waals surface area contributed by atoms with Crippen LogP contribution in [0, 0.1) is 12.7 Å². The van der Waals surface area contributed by atoms with Gasteiger partial charge in [-0.15, -0.1) is 11.3 Å². The maximum Gasteiger partial charge on any atom is 0.266 e. The molecule has 0 fully saturated rings. The van der Waals surface area contributed by atoms with E-state index in [9.17, 15) is 9.18 Å². The van der Waals surface area contributed by atoms with E-state index in [0.717, 1.165) is 11.6 Å². The number of aryl methyl sites for hydroxylation is 1. The number of nitrogens with zero attached hydrogens (tertiary/aromatic N) is 1. The van der Waals surface area contributed by atoms with E-state index in [1.807, 2.05) is 13.0 Å². The topological polar surface area (TPSA) is 87.7 Å². The van der Waals surface area contributed by atoms with Crippen molar-refractivity contribution in [3.05, 3.63) is 51.5 Å². The standard InChI is InChI=1S/C13H12FN3O2S/c1-7-4-5-20-11(7)13(18)16-10-3-2-8(6-9(10)14)12(15)17-19/h2-6,19H,1H3,(H2,15,17)(H,16,18). The number of amides is 1. The van der Waals surface area contributed by atoms with E-state index in [2.05, 4.69) is 10.5 Å². The lowest BCUT2D eigenvalue weighted by atomic mass is 10.1. The van der Waals surface area contributed by atoms with Gasteiger partial charge in [0.2, 0.25) is 0 Å². The van der Waals surface area contributed by atoms with Gasteiger partial charge < -0.3 is 16.3 Å². The monoisotopic (exact) mass is 293 g/mol. The van der Waals surface area contributed by atoms with Crippen molar-refractivity contribution in [2.75, 3.05) is 5.32 Å². The molecular formula is C13H12FN3O2S. The molecule has 0 unspecified atom stereocenters. The van der Waals surface area contributed by atoms with Crippen molar-refractivity contribution in [2.45, 2.75) is 6.92 Å². The summed E-state index contributed by atoms with van der Waals surface area (Å²) >= 11 is 1.29. The highest BCUT2D eigenvalue weighted by Gasteiger charge is 2.13. The zero-order valence-electron chi connectivity index (χ0n) is 10.6. The lowest BCUT2D eigenvalue weighted by molar-refractivity contribution is 0.102. The fourth-order valence-corrected chi connectivity index (χ4v) is 2.44. The summed E-state index contributed by atoms with van der Waals surface area (Å²) in [7, 11) is 0. The second-order valence-electron chi connectivity index (χ2n) is 4.07. The third-order valence-electron chi connectivity index (χ3n) is 2.69. The van der Waals surface area contributed by atoms with Gasteiger partial charge in [-0.2, -0.15) is 0 Å². The van der Waals surface area contributed by atoms with Crippen molar-refractivity contribution >= 4 is 28.8 Å². The van der Waals surface area contributed by atoms with E-state index in [1.54, 1.807) is 5.38 Å². The van der Waals surface area contributed by atoms with E-state index in [0.29, 0.717) is 4.88 Å². The Bertz CT molecular complexity index is 682. The van der Waals surface area contributed by atoms with Crippen molar-refractivity contribution in [3.8, 4) is 0 Å². The van der Waals surface area contributed by atoms with Crippen LogP contribution in [-0.2, 0) is 0 Å². The van der Waals surface area contributed by atoms with Crippen molar-refractivity contribution < 1.29 is 14.4 Å². The van der Waals surface area contributed by atoms with Crippen LogP contribution in [0.2, 0.25) is 0 Å². The molecule has 4 N–H and O–H groups in total. The van der Waals surface area contributed by atoms with Crippen molar-refractivity contribution in [3.63, 3.8) is 0 Å². The Morgan fingerprint density at radius 3 is 2.75 bits per heavy atom. The number of halogens is 1. The van der Waals surface area contributed by atoms with E-state index in [4.69, 9.17) is 10.9 Å². The molecule has 5 nitrogen and oxygen atoms in total. The van der Waals surface area contributed by atoms with Crippen molar-refractivity contribution in [2.24, 2.45) is 10.9 Å². The Morgan fingerprint density at radius 2 is 2.20 bits per heavy atom. The third-order valence-corrected chi connectivity index (χ3v) is 3.70. The first-order valence-electron chi connectivity index (χ1n) is 5.66. The van der Waals surface area contributed by atoms with E-state index < -0.39 is 5.82 Å². The zero-order valence-corrected chi connectivity index (χ0v) is 11.4. The van der Waals surface area contributed by atoms with Crippen LogP contribution in [0.3, 0.4) is 0 Å². The van der Waals surface area contributed by atoms with Crippen LogP contribution >= 0.6 is 11.3 Å². The van der Waals surface area contributed by atoms with Crippen LogP contribution in [0.4, 0.5) is 10.1 Å². The minimum absolute atomic E-state index is 0.0392. The molecule has 1 amide bonds. The highest BCUT2D eigenvalue weighted by Crippen LogP contribution is 2.20. The lowest BCUT2D eigenvalue weighted by Gasteiger charge is -2.07. The SMILES string of the molecule is Cc1ccsc1C(=O)Nc1ccc(/C(N)=N/O)cc1F. The van der Waals surface area contributed by atoms with Crippen LogP contribution in [0.1, 0.15) is 20.8 Å². The van der Waals surface area contributed by atoms with E-state index >= 15 is 0 Å². The summed E-state index contributed by atoms with van der Waals surface area (Å²) in [6.45, 7) is 1.81. The number of hydrogen-bond donors (Lipinski definition) is 3. The van der Waals surface area contributed by atoms with Crippen LogP contribution < -0.4 is 11.1 Å². The van der Waals surface area contributed by atoms with Crippen LogP contribution in [-0.4, -0.2) is 17.0 Å². The molecule has 1 aromatic heterocycles. The first-order valence-corrected chi connectivity index (χ1v) is 6.53. The first kappa shape index (κ1) is 14.0. The number of thiophene rings is 1. The molecule has 0 aliphatic heterocycles. The summed E-state index contributed by atoms with van der Waals surface area (Å²) in [6.07, 6.45) is 0. The average molecular weight is 293 g/mol. The Labute approximate surface area is 118 Å². The number of benzene rings is 1. The lowest BCUT2D eigenvalue weighted by Crippen LogP contribution is -2.15. The molecule has 0 spiro atoms. The molecule has 1 heterocycles. The van der Waals surface area contributed by atoms with Gasteiger partial charge >= 0.3 is 0 Å². The molecule has 2 aromatic rings. The minimum atomic E-state index is -0.656. The molecule has 0 atom stereocenters.